The van der Waals surface area contributed by atoms with Crippen LogP contribution < -0.4 is 0 Å². The average Bonchev–Trinajstić information content (AvgIpc) is 2.44. The highest BCUT2D eigenvalue weighted by atomic mass is 35.5. The summed E-state index contributed by atoms with van der Waals surface area (Å²) in [6.45, 7) is -1.96. The topological polar surface area (TPSA) is 64.3 Å². The van der Waals surface area contributed by atoms with Gasteiger partial charge in [-0.15, -0.1) is 0 Å². The molecule has 0 spiro atoms. The largest absolute Gasteiger partial charge is 0.476 e. The SMILES string of the molecule is O=C(O)c1nn(COCC(F)(F)F)cc1Cl. The summed E-state index contributed by atoms with van der Waals surface area (Å²) in [5.74, 6) is -1.36. The lowest BCUT2D eigenvalue weighted by molar-refractivity contribution is -0.182. The molecule has 1 aromatic rings. The van der Waals surface area contributed by atoms with Gasteiger partial charge in [0.15, 0.2) is 5.69 Å². The van der Waals surface area contributed by atoms with Gasteiger partial charge >= 0.3 is 12.1 Å². The quantitative estimate of drug-likeness (QED) is 0.894. The fraction of sp³-hybridized carbons (Fsp3) is 0.429. The van der Waals surface area contributed by atoms with Gasteiger partial charge in [0.05, 0.1) is 5.02 Å². The maximum absolute atomic E-state index is 11.7. The molecule has 1 heterocycles. The normalized spacial score (nSPS) is 11.8. The average molecular weight is 259 g/mol. The maximum atomic E-state index is 11.7. The zero-order valence-electron chi connectivity index (χ0n) is 7.66. The molecule has 1 rings (SSSR count). The molecule has 0 unspecified atom stereocenters. The zero-order chi connectivity index (χ0) is 12.3. The molecule has 16 heavy (non-hydrogen) atoms. The van der Waals surface area contributed by atoms with Gasteiger partial charge in [0.2, 0.25) is 0 Å². The van der Waals surface area contributed by atoms with Crippen LogP contribution in [0.5, 0.6) is 0 Å². The Balaban J connectivity index is 2.56. The summed E-state index contributed by atoms with van der Waals surface area (Å²) in [4.78, 5) is 10.5. The van der Waals surface area contributed by atoms with Gasteiger partial charge in [-0.05, 0) is 0 Å². The Morgan fingerprint density at radius 1 is 1.62 bits per heavy atom. The Bertz CT molecular complexity index is 391. The van der Waals surface area contributed by atoms with E-state index in [1.54, 1.807) is 0 Å². The number of aromatic nitrogens is 2. The smallest absolute Gasteiger partial charge is 0.411 e. The van der Waals surface area contributed by atoms with E-state index in [4.69, 9.17) is 16.7 Å². The van der Waals surface area contributed by atoms with Crippen LogP contribution in [-0.4, -0.2) is 33.6 Å². The summed E-state index contributed by atoms with van der Waals surface area (Å²) >= 11 is 5.47. The van der Waals surface area contributed by atoms with Crippen LogP contribution in [0.3, 0.4) is 0 Å². The summed E-state index contributed by atoms with van der Waals surface area (Å²) in [5, 5.41) is 11.8. The van der Waals surface area contributed by atoms with Gasteiger partial charge in [0.25, 0.3) is 0 Å². The summed E-state index contributed by atoms with van der Waals surface area (Å²) in [5.41, 5.74) is -0.433. The van der Waals surface area contributed by atoms with E-state index in [-0.39, 0.29) is 5.02 Å². The highest BCUT2D eigenvalue weighted by molar-refractivity contribution is 6.33. The summed E-state index contributed by atoms with van der Waals surface area (Å²) in [7, 11) is 0. The summed E-state index contributed by atoms with van der Waals surface area (Å²) in [6.07, 6.45) is -3.37. The third kappa shape index (κ3) is 3.70. The lowest BCUT2D eigenvalue weighted by Crippen LogP contribution is -2.18. The second-order valence-corrected chi connectivity index (χ2v) is 3.17. The Morgan fingerprint density at radius 2 is 2.25 bits per heavy atom. The Labute approximate surface area is 92.4 Å². The number of alkyl halides is 3. The molecule has 0 saturated carbocycles. The maximum Gasteiger partial charge on any atom is 0.411 e. The van der Waals surface area contributed by atoms with Crippen LogP contribution in [0.2, 0.25) is 5.02 Å². The number of nitrogens with zero attached hydrogens (tertiary/aromatic N) is 2. The first-order valence-electron chi connectivity index (χ1n) is 3.90. The molecule has 5 nitrogen and oxygen atoms in total. The van der Waals surface area contributed by atoms with Gasteiger partial charge in [-0.3, -0.25) is 0 Å². The van der Waals surface area contributed by atoms with E-state index in [2.05, 4.69) is 9.84 Å². The third-order valence-corrected chi connectivity index (χ3v) is 1.69. The van der Waals surface area contributed by atoms with Crippen molar-refractivity contribution in [1.82, 2.24) is 9.78 Å². The molecule has 0 bridgehead atoms. The van der Waals surface area contributed by atoms with Crippen molar-refractivity contribution in [2.45, 2.75) is 12.9 Å². The van der Waals surface area contributed by atoms with Crippen molar-refractivity contribution < 1.29 is 27.8 Å². The van der Waals surface area contributed by atoms with Gasteiger partial charge in [-0.1, -0.05) is 11.6 Å². The molecular weight excluding hydrogens is 253 g/mol. The molecule has 0 atom stereocenters. The third-order valence-electron chi connectivity index (χ3n) is 1.41. The molecule has 0 amide bonds. The van der Waals surface area contributed by atoms with Crippen molar-refractivity contribution in [2.24, 2.45) is 0 Å². The van der Waals surface area contributed by atoms with Crippen molar-refractivity contribution >= 4 is 17.6 Å². The molecule has 1 aromatic heterocycles. The highest BCUT2D eigenvalue weighted by Crippen LogP contribution is 2.16. The second-order valence-electron chi connectivity index (χ2n) is 2.76. The van der Waals surface area contributed by atoms with Crippen LogP contribution in [0.4, 0.5) is 13.2 Å². The van der Waals surface area contributed by atoms with Gasteiger partial charge in [0.1, 0.15) is 13.3 Å². The molecule has 0 saturated heterocycles. The van der Waals surface area contributed by atoms with E-state index < -0.39 is 31.2 Å². The van der Waals surface area contributed by atoms with E-state index in [1.807, 2.05) is 0 Å². The Morgan fingerprint density at radius 3 is 2.69 bits per heavy atom. The van der Waals surface area contributed by atoms with E-state index in [1.165, 1.54) is 0 Å². The predicted molar refractivity (Wildman–Crippen MR) is 46.2 cm³/mol. The molecular formula is C7H6ClF3N2O3. The zero-order valence-corrected chi connectivity index (χ0v) is 8.42. The number of ether oxygens (including phenoxy) is 1. The second kappa shape index (κ2) is 4.71. The minimum absolute atomic E-state index is 0.164. The van der Waals surface area contributed by atoms with E-state index >= 15 is 0 Å². The number of rotatable bonds is 4. The van der Waals surface area contributed by atoms with Crippen LogP contribution in [0.15, 0.2) is 6.20 Å². The molecule has 0 aromatic carbocycles. The van der Waals surface area contributed by atoms with Crippen LogP contribution >= 0.6 is 11.6 Å². The van der Waals surface area contributed by atoms with Gasteiger partial charge in [-0.25, -0.2) is 9.48 Å². The van der Waals surface area contributed by atoms with Crippen LogP contribution in [0.1, 0.15) is 10.5 Å². The van der Waals surface area contributed by atoms with Gasteiger partial charge < -0.3 is 9.84 Å². The van der Waals surface area contributed by atoms with Crippen molar-refractivity contribution in [2.75, 3.05) is 6.61 Å². The highest BCUT2D eigenvalue weighted by Gasteiger charge is 2.27. The van der Waals surface area contributed by atoms with Crippen molar-refractivity contribution in [3.63, 3.8) is 0 Å². The van der Waals surface area contributed by atoms with Crippen LogP contribution in [-0.2, 0) is 11.5 Å². The first-order valence-corrected chi connectivity index (χ1v) is 4.28. The Kier molecular flexibility index (Phi) is 3.76. The van der Waals surface area contributed by atoms with Gasteiger partial charge in [0, 0.05) is 6.20 Å². The van der Waals surface area contributed by atoms with Crippen LogP contribution in [0, 0.1) is 0 Å². The number of carboxylic acids is 1. The summed E-state index contributed by atoms with van der Waals surface area (Å²) < 4.78 is 40.2. The first-order chi connectivity index (χ1) is 7.29. The van der Waals surface area contributed by atoms with Crippen molar-refractivity contribution in [3.8, 4) is 0 Å². The summed E-state index contributed by atoms with van der Waals surface area (Å²) in [6, 6.07) is 0. The monoisotopic (exact) mass is 258 g/mol. The minimum Gasteiger partial charge on any atom is -0.476 e. The van der Waals surface area contributed by atoms with Crippen LogP contribution in [0.25, 0.3) is 0 Å². The number of halogens is 4. The van der Waals surface area contributed by atoms with Crippen molar-refractivity contribution in [3.05, 3.63) is 16.9 Å². The minimum atomic E-state index is -4.44. The fourth-order valence-electron chi connectivity index (χ4n) is 0.863. The lowest BCUT2D eigenvalue weighted by atomic mass is 10.4. The van der Waals surface area contributed by atoms with Gasteiger partial charge in [-0.2, -0.15) is 18.3 Å². The van der Waals surface area contributed by atoms with Crippen molar-refractivity contribution in [1.29, 1.82) is 0 Å². The predicted octanol–water partition coefficient (Wildman–Crippen LogP) is 1.77. The number of aromatic carboxylic acids is 1. The number of carbonyl (C=O) groups is 1. The Hall–Kier alpha value is -1.28. The number of carboxylic acid groups (broad SMARTS) is 1. The van der Waals surface area contributed by atoms with E-state index in [0.717, 1.165) is 10.9 Å². The molecule has 0 aliphatic heterocycles. The molecule has 90 valence electrons. The first kappa shape index (κ1) is 12.8. The molecule has 1 N–H and O–H groups in total. The lowest BCUT2D eigenvalue weighted by Gasteiger charge is -2.06. The standard InChI is InChI=1S/C7H6ClF3N2O3/c8-4-1-13(12-5(4)6(14)15)3-16-2-7(9,10)11/h1H,2-3H2,(H,14,15). The molecule has 0 aliphatic rings. The fourth-order valence-corrected chi connectivity index (χ4v) is 1.09. The number of hydrogen-bond donors (Lipinski definition) is 1. The molecule has 9 heteroatoms. The molecule has 0 aliphatic carbocycles. The number of hydrogen-bond acceptors (Lipinski definition) is 3. The van der Waals surface area contributed by atoms with E-state index in [0.29, 0.717) is 0 Å². The molecule has 0 fully saturated rings. The molecule has 0 radical (unpaired) electrons. The van der Waals surface area contributed by atoms with E-state index in [9.17, 15) is 18.0 Å².